The van der Waals surface area contributed by atoms with Gasteiger partial charge in [-0.1, -0.05) is 6.07 Å². The van der Waals surface area contributed by atoms with E-state index >= 15 is 0 Å². The van der Waals surface area contributed by atoms with Crippen LogP contribution < -0.4 is 15.5 Å². The van der Waals surface area contributed by atoms with Gasteiger partial charge in [0.1, 0.15) is 12.1 Å². The van der Waals surface area contributed by atoms with Crippen molar-refractivity contribution in [2.45, 2.75) is 6.92 Å². The van der Waals surface area contributed by atoms with Crippen LogP contribution in [0.2, 0.25) is 0 Å². The number of rotatable bonds is 3. The summed E-state index contributed by atoms with van der Waals surface area (Å²) >= 11 is 0. The van der Waals surface area contributed by atoms with Crippen LogP contribution in [0.15, 0.2) is 39.7 Å². The summed E-state index contributed by atoms with van der Waals surface area (Å²) < 4.78 is 23.1. The van der Waals surface area contributed by atoms with Gasteiger partial charge in [-0.25, -0.2) is 4.39 Å². The first-order valence-corrected chi connectivity index (χ1v) is 5.75. The van der Waals surface area contributed by atoms with Crippen LogP contribution >= 0.6 is 0 Å². The lowest BCUT2D eigenvalue weighted by atomic mass is 10.2. The summed E-state index contributed by atoms with van der Waals surface area (Å²) in [5.74, 6) is -1.26. The highest BCUT2D eigenvalue weighted by Gasteiger charge is 2.12. The third-order valence-electron chi connectivity index (χ3n) is 2.67. The quantitative estimate of drug-likeness (QED) is 0.935. The maximum Gasteiger partial charge on any atom is 0.291 e. The third kappa shape index (κ3) is 2.85. The minimum atomic E-state index is -0.645. The number of aryl methyl sites for hydroxylation is 1. The second-order valence-electron chi connectivity index (χ2n) is 4.10. The van der Waals surface area contributed by atoms with E-state index in [1.807, 2.05) is 0 Å². The molecule has 0 atom stereocenters. The zero-order chi connectivity index (χ0) is 14.7. The molecule has 0 spiro atoms. The van der Waals surface area contributed by atoms with Crippen LogP contribution in [0.4, 0.5) is 10.1 Å². The minimum Gasteiger partial charge on any atom is -0.490 e. The molecular formula is C14H12FNO4. The number of halogens is 1. The summed E-state index contributed by atoms with van der Waals surface area (Å²) in [5.41, 5.74) is 0.273. The zero-order valence-corrected chi connectivity index (χ0v) is 10.9. The summed E-state index contributed by atoms with van der Waals surface area (Å²) in [6.07, 6.45) is 1.05. The molecule has 2 rings (SSSR count). The summed E-state index contributed by atoms with van der Waals surface area (Å²) in [7, 11) is 1.32. The highest BCUT2D eigenvalue weighted by molar-refractivity contribution is 6.02. The summed E-state index contributed by atoms with van der Waals surface area (Å²) in [6, 6.07) is 5.29. The number of carbonyl (C=O) groups is 1. The Bertz CT molecular complexity index is 709. The maximum absolute atomic E-state index is 13.4. The fourth-order valence-electron chi connectivity index (χ4n) is 1.53. The van der Waals surface area contributed by atoms with Crippen molar-refractivity contribution in [2.24, 2.45) is 0 Å². The van der Waals surface area contributed by atoms with Crippen LogP contribution in [-0.4, -0.2) is 13.0 Å². The fraction of sp³-hybridized carbons (Fsp3) is 0.143. The molecule has 1 aromatic heterocycles. The molecule has 0 aliphatic heterocycles. The number of carbonyl (C=O) groups excluding carboxylic acids is 1. The molecule has 1 heterocycles. The number of hydrogen-bond acceptors (Lipinski definition) is 4. The van der Waals surface area contributed by atoms with E-state index in [0.29, 0.717) is 5.56 Å². The highest BCUT2D eigenvalue weighted by atomic mass is 19.1. The fourth-order valence-corrected chi connectivity index (χ4v) is 1.53. The number of benzene rings is 1. The van der Waals surface area contributed by atoms with Gasteiger partial charge >= 0.3 is 0 Å². The van der Waals surface area contributed by atoms with Crippen LogP contribution in [0.5, 0.6) is 5.75 Å². The molecule has 0 aliphatic carbocycles. The summed E-state index contributed by atoms with van der Waals surface area (Å²) in [5, 5.41) is 2.44. The Morgan fingerprint density at radius 1 is 1.35 bits per heavy atom. The van der Waals surface area contributed by atoms with Gasteiger partial charge in [0.05, 0.1) is 7.11 Å². The number of ether oxygens (including phenoxy) is 1. The molecule has 5 nitrogen and oxygen atoms in total. The van der Waals surface area contributed by atoms with E-state index in [-0.39, 0.29) is 17.2 Å². The smallest absolute Gasteiger partial charge is 0.291 e. The van der Waals surface area contributed by atoms with Gasteiger partial charge in [-0.3, -0.25) is 9.59 Å². The van der Waals surface area contributed by atoms with E-state index in [1.165, 1.54) is 19.2 Å². The molecule has 6 heteroatoms. The highest BCUT2D eigenvalue weighted by Crippen LogP contribution is 2.15. The van der Waals surface area contributed by atoms with Crippen molar-refractivity contribution in [3.8, 4) is 5.75 Å². The molecule has 0 unspecified atom stereocenters. The molecule has 0 saturated carbocycles. The van der Waals surface area contributed by atoms with Crippen molar-refractivity contribution in [2.75, 3.05) is 12.4 Å². The third-order valence-corrected chi connectivity index (χ3v) is 2.67. The van der Waals surface area contributed by atoms with Crippen molar-refractivity contribution in [3.05, 3.63) is 57.9 Å². The molecule has 104 valence electrons. The number of amides is 1. The van der Waals surface area contributed by atoms with E-state index in [1.54, 1.807) is 13.0 Å². The van der Waals surface area contributed by atoms with Crippen LogP contribution in [-0.2, 0) is 0 Å². The molecule has 1 N–H and O–H groups in total. The standard InChI is InChI=1S/C14H12FNO4/c1-8-3-4-9(5-10(8)15)16-14(18)12-6-11(17)13(19-2)7-20-12/h3-7H,1-2H3,(H,16,18). The number of anilines is 1. The van der Waals surface area contributed by atoms with Crippen molar-refractivity contribution in [1.82, 2.24) is 0 Å². The lowest BCUT2D eigenvalue weighted by molar-refractivity contribution is 0.0993. The Labute approximate surface area is 114 Å². The Morgan fingerprint density at radius 3 is 2.70 bits per heavy atom. The van der Waals surface area contributed by atoms with Gasteiger partial charge in [0.25, 0.3) is 5.91 Å². The van der Waals surface area contributed by atoms with E-state index in [4.69, 9.17) is 9.15 Å². The zero-order valence-electron chi connectivity index (χ0n) is 10.9. The minimum absolute atomic E-state index is 0.00271. The lowest BCUT2D eigenvalue weighted by Crippen LogP contribution is -2.15. The Kier molecular flexibility index (Phi) is 3.84. The van der Waals surface area contributed by atoms with Crippen LogP contribution in [0, 0.1) is 12.7 Å². The molecule has 0 bridgehead atoms. The number of nitrogens with one attached hydrogen (secondary N) is 1. The first kappa shape index (κ1) is 13.8. The van der Waals surface area contributed by atoms with Crippen molar-refractivity contribution >= 4 is 11.6 Å². The second-order valence-corrected chi connectivity index (χ2v) is 4.10. The lowest BCUT2D eigenvalue weighted by Gasteiger charge is -2.06. The molecule has 20 heavy (non-hydrogen) atoms. The van der Waals surface area contributed by atoms with Gasteiger partial charge < -0.3 is 14.5 Å². The van der Waals surface area contributed by atoms with Gasteiger partial charge in [-0.05, 0) is 24.6 Å². The second kappa shape index (κ2) is 5.56. The monoisotopic (exact) mass is 277 g/mol. The number of methoxy groups -OCH3 is 1. The van der Waals surface area contributed by atoms with Crippen LogP contribution in [0.3, 0.4) is 0 Å². The Balaban J connectivity index is 2.21. The first-order chi connectivity index (χ1) is 9.51. The van der Waals surface area contributed by atoms with E-state index in [2.05, 4.69) is 5.32 Å². The van der Waals surface area contributed by atoms with Crippen LogP contribution in [0.1, 0.15) is 16.1 Å². The van der Waals surface area contributed by atoms with Crippen molar-refractivity contribution < 1.29 is 18.3 Å². The molecule has 0 radical (unpaired) electrons. The molecule has 2 aromatic rings. The predicted octanol–water partition coefficient (Wildman–Crippen LogP) is 2.35. The average molecular weight is 277 g/mol. The SMILES string of the molecule is COc1coc(C(=O)Nc2ccc(C)c(F)c2)cc1=O. The van der Waals surface area contributed by atoms with Gasteiger partial charge in [0.2, 0.25) is 11.2 Å². The normalized spacial score (nSPS) is 10.2. The van der Waals surface area contributed by atoms with Gasteiger partial charge in [-0.2, -0.15) is 0 Å². The molecular weight excluding hydrogens is 265 g/mol. The topological polar surface area (TPSA) is 68.5 Å². The first-order valence-electron chi connectivity index (χ1n) is 5.75. The maximum atomic E-state index is 13.4. The molecule has 1 amide bonds. The molecule has 0 saturated heterocycles. The Hall–Kier alpha value is -2.63. The summed E-state index contributed by atoms with van der Waals surface area (Å²) in [6.45, 7) is 1.61. The van der Waals surface area contributed by atoms with Gasteiger partial charge in [0.15, 0.2) is 5.76 Å². The number of hydrogen-bond donors (Lipinski definition) is 1. The van der Waals surface area contributed by atoms with Gasteiger partial charge in [0, 0.05) is 11.8 Å². The van der Waals surface area contributed by atoms with E-state index < -0.39 is 17.2 Å². The van der Waals surface area contributed by atoms with Crippen LogP contribution in [0.25, 0.3) is 0 Å². The van der Waals surface area contributed by atoms with Gasteiger partial charge in [-0.15, -0.1) is 0 Å². The molecule has 0 aliphatic rings. The van der Waals surface area contributed by atoms with Crippen molar-refractivity contribution in [1.29, 1.82) is 0 Å². The summed E-state index contributed by atoms with van der Waals surface area (Å²) in [4.78, 5) is 23.4. The van der Waals surface area contributed by atoms with E-state index in [0.717, 1.165) is 12.3 Å². The predicted molar refractivity (Wildman–Crippen MR) is 70.6 cm³/mol. The molecule has 1 aromatic carbocycles. The van der Waals surface area contributed by atoms with Crippen molar-refractivity contribution in [3.63, 3.8) is 0 Å². The average Bonchev–Trinajstić information content (AvgIpc) is 2.42. The largest absolute Gasteiger partial charge is 0.490 e. The van der Waals surface area contributed by atoms with E-state index in [9.17, 15) is 14.0 Å². The molecule has 0 fully saturated rings. The Morgan fingerprint density at radius 2 is 2.10 bits per heavy atom.